The first-order valence-electron chi connectivity index (χ1n) is 9.55. The second-order valence-electron chi connectivity index (χ2n) is 7.41. The van der Waals surface area contributed by atoms with Crippen LogP contribution in [0.2, 0.25) is 0 Å². The zero-order valence-electron chi connectivity index (χ0n) is 15.7. The molecule has 0 amide bonds. The summed E-state index contributed by atoms with van der Waals surface area (Å²) >= 11 is 0. The predicted molar refractivity (Wildman–Crippen MR) is 114 cm³/mol. The van der Waals surface area contributed by atoms with Crippen LogP contribution >= 0.6 is 0 Å². The van der Waals surface area contributed by atoms with Gasteiger partial charge in [-0.2, -0.15) is 0 Å². The summed E-state index contributed by atoms with van der Waals surface area (Å²) in [5.41, 5.74) is 3.19. The van der Waals surface area contributed by atoms with Crippen molar-refractivity contribution >= 4 is 44.0 Å². The average molecular weight is 412 g/mol. The minimum atomic E-state index is -0.286. The van der Waals surface area contributed by atoms with Crippen molar-refractivity contribution < 1.29 is 13.9 Å². The van der Waals surface area contributed by atoms with Crippen LogP contribution in [0.3, 0.4) is 0 Å². The Hall–Kier alpha value is -4.53. The summed E-state index contributed by atoms with van der Waals surface area (Å²) in [4.78, 5) is 32.6. The van der Waals surface area contributed by atoms with Gasteiger partial charge in [-0.3, -0.25) is 14.7 Å². The molecule has 0 atom stereocenters. The van der Waals surface area contributed by atoms with Crippen molar-refractivity contribution in [1.82, 2.24) is 20.2 Å². The predicted octanol–water partition coefficient (Wildman–Crippen LogP) is 3.39. The van der Waals surface area contributed by atoms with E-state index in [9.17, 15) is 9.59 Å². The van der Waals surface area contributed by atoms with E-state index in [1.807, 2.05) is 6.07 Å². The number of aromatic nitrogens is 4. The van der Waals surface area contributed by atoms with Crippen LogP contribution in [0, 0.1) is 0 Å². The van der Waals surface area contributed by atoms with E-state index in [1.54, 1.807) is 24.4 Å². The Balaban J connectivity index is 1.63. The van der Waals surface area contributed by atoms with Crippen molar-refractivity contribution in [3.8, 4) is 22.6 Å². The molecule has 9 nitrogen and oxygen atoms in total. The van der Waals surface area contributed by atoms with Crippen LogP contribution in [0.25, 0.3) is 55.1 Å². The van der Waals surface area contributed by atoms with Gasteiger partial charge in [-0.15, -0.1) is 0 Å². The number of nitrogens with zero attached hydrogens (tertiary/aromatic N) is 1. The molecule has 150 valence electrons. The second kappa shape index (κ2) is 5.54. The SMILES string of the molecule is O=c1ccc2c(c1)oc1c(-c3cc4cc5c(cc4[nH]c3=O)OCO5)c3c[nH][nH]c3nc12. The van der Waals surface area contributed by atoms with Gasteiger partial charge in [0.2, 0.25) is 6.79 Å². The van der Waals surface area contributed by atoms with E-state index in [0.29, 0.717) is 61.2 Å². The molecule has 0 saturated carbocycles. The molecule has 0 spiro atoms. The number of rotatable bonds is 1. The van der Waals surface area contributed by atoms with Crippen molar-refractivity contribution in [3.05, 3.63) is 63.2 Å². The molecule has 31 heavy (non-hydrogen) atoms. The van der Waals surface area contributed by atoms with E-state index in [0.717, 1.165) is 5.39 Å². The number of fused-ring (bicyclic) bond motifs is 6. The Morgan fingerprint density at radius 1 is 0.968 bits per heavy atom. The number of hydrogen-bond acceptors (Lipinski definition) is 6. The Bertz CT molecular complexity index is 1820. The lowest BCUT2D eigenvalue weighted by molar-refractivity contribution is 0.174. The molecule has 2 aromatic carbocycles. The number of nitrogens with one attached hydrogen (secondary N) is 3. The topological polar surface area (TPSA) is 126 Å². The van der Waals surface area contributed by atoms with Gasteiger partial charge in [-0.25, -0.2) is 4.98 Å². The van der Waals surface area contributed by atoms with E-state index < -0.39 is 0 Å². The van der Waals surface area contributed by atoms with Gasteiger partial charge in [0.05, 0.1) is 11.1 Å². The summed E-state index contributed by atoms with van der Waals surface area (Å²) in [7, 11) is 0. The molecule has 0 unspecified atom stereocenters. The molecular formula is C22H12N4O5. The molecule has 5 heterocycles. The Labute approximate surface area is 171 Å². The fourth-order valence-electron chi connectivity index (χ4n) is 4.22. The highest BCUT2D eigenvalue weighted by Crippen LogP contribution is 2.39. The maximum atomic E-state index is 13.2. The molecule has 6 aromatic rings. The fourth-order valence-corrected chi connectivity index (χ4v) is 4.22. The Morgan fingerprint density at radius 3 is 2.74 bits per heavy atom. The minimum Gasteiger partial charge on any atom is -0.454 e. The summed E-state index contributed by atoms with van der Waals surface area (Å²) in [6, 6.07) is 9.95. The Morgan fingerprint density at radius 2 is 1.84 bits per heavy atom. The van der Waals surface area contributed by atoms with Gasteiger partial charge in [0.1, 0.15) is 11.1 Å². The third kappa shape index (κ3) is 2.17. The van der Waals surface area contributed by atoms with E-state index in [4.69, 9.17) is 13.9 Å². The third-order valence-electron chi connectivity index (χ3n) is 5.62. The molecule has 7 rings (SSSR count). The summed E-state index contributed by atoms with van der Waals surface area (Å²) in [5.74, 6) is 1.22. The summed E-state index contributed by atoms with van der Waals surface area (Å²) in [6.07, 6.45) is 1.73. The van der Waals surface area contributed by atoms with Crippen LogP contribution < -0.4 is 20.5 Å². The minimum absolute atomic E-state index is 0.147. The highest BCUT2D eigenvalue weighted by atomic mass is 16.7. The van der Waals surface area contributed by atoms with E-state index in [-0.39, 0.29) is 17.8 Å². The molecule has 9 heteroatoms. The highest BCUT2D eigenvalue weighted by molar-refractivity contribution is 6.14. The summed E-state index contributed by atoms with van der Waals surface area (Å²) in [5, 5.41) is 8.10. The van der Waals surface area contributed by atoms with Gasteiger partial charge in [-0.1, -0.05) is 0 Å². The van der Waals surface area contributed by atoms with Gasteiger partial charge in [-0.05, 0) is 24.3 Å². The van der Waals surface area contributed by atoms with Crippen LogP contribution in [0.1, 0.15) is 0 Å². The van der Waals surface area contributed by atoms with Gasteiger partial charge in [0.25, 0.3) is 5.56 Å². The zero-order valence-corrected chi connectivity index (χ0v) is 15.7. The number of H-pyrrole nitrogens is 3. The van der Waals surface area contributed by atoms with Crippen molar-refractivity contribution in [3.63, 3.8) is 0 Å². The molecule has 0 saturated heterocycles. The molecule has 0 radical (unpaired) electrons. The summed E-state index contributed by atoms with van der Waals surface area (Å²) in [6.45, 7) is 0.147. The number of pyridine rings is 2. The average Bonchev–Trinajstić information content (AvgIpc) is 3.47. The standard InChI is InChI=1S/C22H12N4O5/c27-10-1-2-11-15(5-10)31-20-18(13-7-23-26-21(13)25-19(11)20)12-3-9-4-16-17(30-8-29-16)6-14(9)24-22(12)28/h1-7H,8H2,(H,24,28)(H2,23,25,26). The lowest BCUT2D eigenvalue weighted by Crippen LogP contribution is -2.09. The molecule has 4 aromatic heterocycles. The van der Waals surface area contributed by atoms with E-state index in [2.05, 4.69) is 20.2 Å². The molecule has 0 bridgehead atoms. The van der Waals surface area contributed by atoms with Crippen molar-refractivity contribution in [1.29, 1.82) is 0 Å². The van der Waals surface area contributed by atoms with Gasteiger partial charge < -0.3 is 24.0 Å². The largest absolute Gasteiger partial charge is 0.454 e. The number of benzene rings is 2. The number of ether oxygens (including phenoxy) is 2. The van der Waals surface area contributed by atoms with Crippen LogP contribution in [0.5, 0.6) is 11.5 Å². The lowest BCUT2D eigenvalue weighted by Gasteiger charge is -2.07. The van der Waals surface area contributed by atoms with Crippen LogP contribution in [0.4, 0.5) is 0 Å². The van der Waals surface area contributed by atoms with Crippen molar-refractivity contribution in [2.24, 2.45) is 0 Å². The maximum absolute atomic E-state index is 13.2. The van der Waals surface area contributed by atoms with Gasteiger partial charge in [0, 0.05) is 40.1 Å². The fraction of sp³-hybridized carbons (Fsp3) is 0.0455. The van der Waals surface area contributed by atoms with E-state index in [1.165, 1.54) is 12.1 Å². The molecular weight excluding hydrogens is 400 g/mol. The van der Waals surface area contributed by atoms with Crippen molar-refractivity contribution in [2.75, 3.05) is 6.79 Å². The molecule has 3 N–H and O–H groups in total. The smallest absolute Gasteiger partial charge is 0.256 e. The van der Waals surface area contributed by atoms with Gasteiger partial charge >= 0.3 is 0 Å². The third-order valence-corrected chi connectivity index (χ3v) is 5.62. The van der Waals surface area contributed by atoms with Crippen molar-refractivity contribution in [2.45, 2.75) is 0 Å². The molecule has 0 aliphatic carbocycles. The normalized spacial score (nSPS) is 13.2. The molecule has 1 aliphatic heterocycles. The number of furan rings is 1. The van der Waals surface area contributed by atoms with E-state index >= 15 is 0 Å². The highest BCUT2D eigenvalue weighted by Gasteiger charge is 2.22. The molecule has 0 fully saturated rings. The first-order valence-corrected chi connectivity index (χ1v) is 9.55. The van der Waals surface area contributed by atoms with Gasteiger partial charge in [0.15, 0.2) is 28.2 Å². The first-order chi connectivity index (χ1) is 15.2. The van der Waals surface area contributed by atoms with Crippen LogP contribution in [-0.2, 0) is 0 Å². The quantitative estimate of drug-likeness (QED) is 0.380. The first kappa shape index (κ1) is 16.3. The summed E-state index contributed by atoms with van der Waals surface area (Å²) < 4.78 is 16.9. The van der Waals surface area contributed by atoms with Crippen LogP contribution in [0.15, 0.2) is 56.6 Å². The lowest BCUT2D eigenvalue weighted by atomic mass is 10.0. The van der Waals surface area contributed by atoms with Crippen LogP contribution in [-0.4, -0.2) is 27.0 Å². The second-order valence-corrected chi connectivity index (χ2v) is 7.41. The maximum Gasteiger partial charge on any atom is 0.256 e. The Kier molecular flexibility index (Phi) is 2.91. The zero-order chi connectivity index (χ0) is 20.7. The monoisotopic (exact) mass is 412 g/mol. The molecule has 1 aliphatic rings. The number of hydrogen-bond donors (Lipinski definition) is 3. The number of aromatic amines is 3.